The number of hydrogen-bond acceptors (Lipinski definition) is 5. The molecule has 0 bridgehead atoms. The molecule has 0 radical (unpaired) electrons. The van der Waals surface area contributed by atoms with E-state index in [4.69, 9.17) is 8.92 Å². The highest BCUT2D eigenvalue weighted by Gasteiger charge is 2.56. The van der Waals surface area contributed by atoms with Crippen LogP contribution in [0.15, 0.2) is 12.1 Å². The summed E-state index contributed by atoms with van der Waals surface area (Å²) in [5.41, 5.74) is 3.61. The Balaban J connectivity index is 1.46. The van der Waals surface area contributed by atoms with Crippen molar-refractivity contribution in [3.63, 3.8) is 0 Å². The maximum atomic E-state index is 11.7. The van der Waals surface area contributed by atoms with Gasteiger partial charge in [-0.25, -0.2) is 0 Å². The highest BCUT2D eigenvalue weighted by atomic mass is 32.2. The first-order chi connectivity index (χ1) is 13.3. The van der Waals surface area contributed by atoms with Crippen molar-refractivity contribution in [2.45, 2.75) is 70.9 Å². The molecule has 3 aliphatic carbocycles. The van der Waals surface area contributed by atoms with Gasteiger partial charge in [-0.2, -0.15) is 13.1 Å². The first kappa shape index (κ1) is 18.4. The molecule has 4 unspecified atom stereocenters. The first-order valence-electron chi connectivity index (χ1n) is 10.3. The molecule has 2 fully saturated rings. The largest absolute Gasteiger partial charge is 0.462 e. The van der Waals surface area contributed by atoms with Gasteiger partial charge in [-0.15, -0.1) is 0 Å². The molecule has 1 aromatic rings. The van der Waals surface area contributed by atoms with E-state index >= 15 is 0 Å². The van der Waals surface area contributed by atoms with Gasteiger partial charge >= 0.3 is 16.3 Å². The van der Waals surface area contributed by atoms with Crippen LogP contribution in [-0.2, 0) is 32.8 Å². The standard InChI is InChI=1S/C21H27NO5S/c1-12(23)26-20-6-5-18-16-4-3-13-10-19-14(11-22-28(24,25)27-19)9-17(13)15(16)7-8-21(18,20)2/h9-10,15-16,18,20,22H,3-8,11H2,1-2H3/t15?,16?,18?,20-,21?/m0/s1. The molecule has 4 aliphatic rings. The Labute approximate surface area is 166 Å². The predicted octanol–water partition coefficient (Wildman–Crippen LogP) is 3.20. The molecule has 6 nitrogen and oxygen atoms in total. The minimum absolute atomic E-state index is 0.0451. The number of nitrogens with one attached hydrogen (secondary N) is 1. The number of ether oxygens (including phenoxy) is 1. The number of aryl methyl sites for hydroxylation is 1. The summed E-state index contributed by atoms with van der Waals surface area (Å²) in [5, 5.41) is 0. The normalized spacial score (nSPS) is 37.6. The third-order valence-corrected chi connectivity index (χ3v) is 8.66. The summed E-state index contributed by atoms with van der Waals surface area (Å²) in [6.07, 6.45) is 6.35. The lowest BCUT2D eigenvalue weighted by Gasteiger charge is -2.50. The molecule has 5 atom stereocenters. The van der Waals surface area contributed by atoms with Gasteiger partial charge in [0, 0.05) is 24.4 Å². The van der Waals surface area contributed by atoms with Crippen LogP contribution in [0.3, 0.4) is 0 Å². The van der Waals surface area contributed by atoms with E-state index in [1.807, 2.05) is 6.07 Å². The van der Waals surface area contributed by atoms with E-state index in [9.17, 15) is 13.2 Å². The van der Waals surface area contributed by atoms with Gasteiger partial charge in [-0.05, 0) is 73.5 Å². The van der Waals surface area contributed by atoms with Gasteiger partial charge in [0.15, 0.2) is 0 Å². The fraction of sp³-hybridized carbons (Fsp3) is 0.667. The first-order valence-corrected chi connectivity index (χ1v) is 11.7. The number of rotatable bonds is 1. The lowest BCUT2D eigenvalue weighted by atomic mass is 9.55. The molecule has 7 heteroatoms. The third kappa shape index (κ3) is 2.77. The molecule has 0 spiro atoms. The van der Waals surface area contributed by atoms with Crippen molar-refractivity contribution in [1.82, 2.24) is 4.72 Å². The minimum atomic E-state index is -3.67. The Hall–Kier alpha value is -1.60. The summed E-state index contributed by atoms with van der Waals surface area (Å²) in [5.74, 6) is 1.99. The number of carbonyl (C=O) groups excluding carboxylic acids is 1. The second kappa shape index (κ2) is 6.20. The van der Waals surface area contributed by atoms with Crippen molar-refractivity contribution < 1.29 is 22.1 Å². The van der Waals surface area contributed by atoms with Gasteiger partial charge in [0.25, 0.3) is 0 Å². The number of benzene rings is 1. The summed E-state index contributed by atoms with van der Waals surface area (Å²) in [7, 11) is -3.67. The van der Waals surface area contributed by atoms with Crippen LogP contribution in [0, 0.1) is 17.3 Å². The van der Waals surface area contributed by atoms with E-state index < -0.39 is 10.3 Å². The maximum Gasteiger partial charge on any atom is 0.382 e. The van der Waals surface area contributed by atoms with Gasteiger partial charge < -0.3 is 8.92 Å². The second-order valence-electron chi connectivity index (χ2n) is 9.15. The molecule has 2 saturated carbocycles. The van der Waals surface area contributed by atoms with Crippen LogP contribution in [0.1, 0.15) is 68.6 Å². The lowest BCUT2D eigenvalue weighted by molar-refractivity contribution is -0.154. The Morgan fingerprint density at radius 2 is 2.04 bits per heavy atom. The molecule has 1 N–H and O–H groups in total. The van der Waals surface area contributed by atoms with Crippen LogP contribution >= 0.6 is 0 Å². The molecule has 1 aromatic carbocycles. The van der Waals surface area contributed by atoms with Crippen molar-refractivity contribution in [1.29, 1.82) is 0 Å². The average Bonchev–Trinajstić information content (AvgIpc) is 2.95. The lowest BCUT2D eigenvalue weighted by Crippen LogP contribution is -2.45. The van der Waals surface area contributed by atoms with Crippen molar-refractivity contribution in [2.75, 3.05) is 0 Å². The topological polar surface area (TPSA) is 81.7 Å². The molecule has 1 heterocycles. The van der Waals surface area contributed by atoms with Gasteiger partial charge in [0.05, 0.1) is 0 Å². The molecular weight excluding hydrogens is 378 g/mol. The van der Waals surface area contributed by atoms with Gasteiger partial charge in [0.1, 0.15) is 11.9 Å². The zero-order valence-corrected chi connectivity index (χ0v) is 17.2. The monoisotopic (exact) mass is 405 g/mol. The minimum Gasteiger partial charge on any atom is -0.462 e. The number of carbonyl (C=O) groups is 1. The van der Waals surface area contributed by atoms with Crippen LogP contribution in [0.25, 0.3) is 0 Å². The van der Waals surface area contributed by atoms with Crippen molar-refractivity contribution >= 4 is 16.3 Å². The van der Waals surface area contributed by atoms with Crippen molar-refractivity contribution in [3.8, 4) is 5.75 Å². The Bertz CT molecular complexity index is 942. The maximum absolute atomic E-state index is 11.7. The Morgan fingerprint density at radius 1 is 1.21 bits per heavy atom. The van der Waals surface area contributed by atoms with Crippen LogP contribution in [-0.4, -0.2) is 20.5 Å². The average molecular weight is 406 g/mol. The molecule has 5 rings (SSSR count). The molecule has 0 amide bonds. The Morgan fingerprint density at radius 3 is 2.82 bits per heavy atom. The molecular formula is C21H27NO5S. The van der Waals surface area contributed by atoms with E-state index in [-0.39, 0.29) is 24.0 Å². The predicted molar refractivity (Wildman–Crippen MR) is 103 cm³/mol. The summed E-state index contributed by atoms with van der Waals surface area (Å²) in [6.45, 7) is 4.12. The van der Waals surface area contributed by atoms with Crippen LogP contribution in [0.5, 0.6) is 5.75 Å². The molecule has 0 saturated heterocycles. The van der Waals surface area contributed by atoms with Crippen molar-refractivity contribution in [2.24, 2.45) is 17.3 Å². The van der Waals surface area contributed by atoms with Crippen LogP contribution < -0.4 is 8.91 Å². The van der Waals surface area contributed by atoms with Gasteiger partial charge in [-0.3, -0.25) is 4.79 Å². The van der Waals surface area contributed by atoms with E-state index in [1.54, 1.807) is 0 Å². The fourth-order valence-corrected chi connectivity index (χ4v) is 7.30. The second-order valence-corrected chi connectivity index (χ2v) is 10.5. The third-order valence-electron chi connectivity index (χ3n) is 7.77. The van der Waals surface area contributed by atoms with Gasteiger partial charge in [0.2, 0.25) is 0 Å². The van der Waals surface area contributed by atoms with E-state index in [0.29, 0.717) is 23.5 Å². The highest BCUT2D eigenvalue weighted by molar-refractivity contribution is 7.85. The Kier molecular flexibility index (Phi) is 4.08. The zero-order chi connectivity index (χ0) is 19.7. The SMILES string of the molecule is CC(=O)O[C@H]1CCC2C3CCc4cc5c(cc4C3CCC21C)CNS(=O)(=O)O5. The molecule has 0 aromatic heterocycles. The number of esters is 1. The molecule has 152 valence electrons. The summed E-state index contributed by atoms with van der Waals surface area (Å²) in [4.78, 5) is 11.6. The number of fused-ring (bicyclic) bond motifs is 6. The fourth-order valence-electron chi connectivity index (χ4n) is 6.52. The highest BCUT2D eigenvalue weighted by Crippen LogP contribution is 2.61. The quantitative estimate of drug-likeness (QED) is 0.726. The van der Waals surface area contributed by atoms with Crippen LogP contribution in [0.4, 0.5) is 0 Å². The summed E-state index contributed by atoms with van der Waals surface area (Å²) < 4.78 is 36.8. The smallest absolute Gasteiger partial charge is 0.382 e. The van der Waals surface area contributed by atoms with Crippen LogP contribution in [0.2, 0.25) is 0 Å². The number of hydrogen-bond donors (Lipinski definition) is 1. The van der Waals surface area contributed by atoms with Gasteiger partial charge in [-0.1, -0.05) is 13.0 Å². The van der Waals surface area contributed by atoms with Crippen molar-refractivity contribution in [3.05, 3.63) is 28.8 Å². The van der Waals surface area contributed by atoms with E-state index in [1.165, 1.54) is 18.1 Å². The summed E-state index contributed by atoms with van der Waals surface area (Å²) in [6, 6.07) is 4.12. The molecule has 28 heavy (non-hydrogen) atoms. The summed E-state index contributed by atoms with van der Waals surface area (Å²) >= 11 is 0. The zero-order valence-electron chi connectivity index (χ0n) is 16.4. The molecule has 1 aliphatic heterocycles. The van der Waals surface area contributed by atoms with E-state index in [2.05, 4.69) is 17.7 Å². The van der Waals surface area contributed by atoms with E-state index in [0.717, 1.165) is 44.1 Å².